The van der Waals surface area contributed by atoms with Gasteiger partial charge in [-0.3, -0.25) is 5.10 Å². The minimum Gasteiger partial charge on any atom is -0.481 e. The van der Waals surface area contributed by atoms with Crippen molar-refractivity contribution in [1.82, 2.24) is 20.2 Å². The summed E-state index contributed by atoms with van der Waals surface area (Å²) in [5, 5.41) is 7.28. The lowest BCUT2D eigenvalue weighted by Crippen LogP contribution is -2.38. The lowest BCUT2D eigenvalue weighted by atomic mass is 10.0. The smallest absolute Gasteiger partial charge is 0.229 e. The maximum atomic E-state index is 5.19. The van der Waals surface area contributed by atoms with Crippen LogP contribution in [0.1, 0.15) is 30.1 Å². The molecule has 0 saturated carbocycles. The molecule has 2 aromatic heterocycles. The third-order valence-corrected chi connectivity index (χ3v) is 4.11. The maximum absolute atomic E-state index is 5.19. The number of aromatic amines is 1. The Kier molecular flexibility index (Phi) is 2.24. The molecule has 1 saturated heterocycles. The van der Waals surface area contributed by atoms with E-state index in [0.717, 1.165) is 18.8 Å². The molecule has 2 bridgehead atoms. The van der Waals surface area contributed by atoms with Crippen molar-refractivity contribution in [3.05, 3.63) is 29.7 Å². The molecule has 2 aliphatic heterocycles. The Labute approximate surface area is 110 Å². The maximum Gasteiger partial charge on any atom is 0.229 e. The molecule has 0 radical (unpaired) electrons. The van der Waals surface area contributed by atoms with Gasteiger partial charge in [-0.15, -0.1) is 0 Å². The molecule has 1 fully saturated rings. The molecule has 98 valence electrons. The molecule has 2 aliphatic rings. The highest BCUT2D eigenvalue weighted by Crippen LogP contribution is 2.44. The number of nitrogens with one attached hydrogen (secondary N) is 1. The fraction of sp³-hybridized carbons (Fsp3) is 0.462. The first-order chi connectivity index (χ1) is 9.36. The van der Waals surface area contributed by atoms with Gasteiger partial charge in [-0.1, -0.05) is 0 Å². The van der Waals surface area contributed by atoms with Gasteiger partial charge < -0.3 is 9.64 Å². The molecule has 2 aromatic rings. The molecular weight excluding hydrogens is 242 g/mol. The van der Waals surface area contributed by atoms with Gasteiger partial charge in [-0.25, -0.2) is 4.98 Å². The fourth-order valence-electron chi connectivity index (χ4n) is 3.27. The molecule has 1 N–H and O–H groups in total. The summed E-state index contributed by atoms with van der Waals surface area (Å²) in [6, 6.07) is 2.59. The Morgan fingerprint density at radius 1 is 1.42 bits per heavy atom. The number of methoxy groups -OCH3 is 1. The van der Waals surface area contributed by atoms with Crippen LogP contribution in [0.2, 0.25) is 0 Å². The molecule has 4 rings (SSSR count). The normalized spacial score (nSPS) is 24.4. The molecule has 6 nitrogen and oxygen atoms in total. The van der Waals surface area contributed by atoms with Crippen LogP contribution in [0.25, 0.3) is 0 Å². The summed E-state index contributed by atoms with van der Waals surface area (Å²) in [4.78, 5) is 11.2. The number of H-pyrrole nitrogens is 1. The van der Waals surface area contributed by atoms with Gasteiger partial charge in [0.05, 0.1) is 19.3 Å². The van der Waals surface area contributed by atoms with Gasteiger partial charge in [0.15, 0.2) is 0 Å². The zero-order valence-electron chi connectivity index (χ0n) is 10.7. The lowest BCUT2D eigenvalue weighted by molar-refractivity contribution is 0.395. The van der Waals surface area contributed by atoms with Gasteiger partial charge in [0.2, 0.25) is 11.8 Å². The van der Waals surface area contributed by atoms with Crippen molar-refractivity contribution < 1.29 is 4.74 Å². The van der Waals surface area contributed by atoms with Gasteiger partial charge in [0, 0.05) is 36.0 Å². The Bertz CT molecular complexity index is 611. The average molecular weight is 257 g/mol. The minimum absolute atomic E-state index is 0.347. The highest BCUT2D eigenvalue weighted by Gasteiger charge is 2.42. The van der Waals surface area contributed by atoms with Gasteiger partial charge in [-0.2, -0.15) is 10.1 Å². The van der Waals surface area contributed by atoms with E-state index in [1.807, 2.05) is 6.20 Å². The number of ether oxygens (including phenoxy) is 1. The van der Waals surface area contributed by atoms with Crippen LogP contribution in [0.3, 0.4) is 0 Å². The van der Waals surface area contributed by atoms with E-state index in [1.165, 1.54) is 17.7 Å². The van der Waals surface area contributed by atoms with E-state index < -0.39 is 0 Å². The van der Waals surface area contributed by atoms with Gasteiger partial charge in [0.1, 0.15) is 0 Å². The van der Waals surface area contributed by atoms with Gasteiger partial charge >= 0.3 is 0 Å². The summed E-state index contributed by atoms with van der Waals surface area (Å²) < 4.78 is 5.19. The number of fused-ring (bicyclic) bond motifs is 4. The van der Waals surface area contributed by atoms with Crippen LogP contribution >= 0.6 is 0 Å². The predicted molar refractivity (Wildman–Crippen MR) is 69.1 cm³/mol. The van der Waals surface area contributed by atoms with Crippen LogP contribution < -0.4 is 9.64 Å². The van der Waals surface area contributed by atoms with Gasteiger partial charge in [0.25, 0.3) is 0 Å². The summed E-state index contributed by atoms with van der Waals surface area (Å²) >= 11 is 0. The Balaban J connectivity index is 1.76. The number of nitrogens with zero attached hydrogens (tertiary/aromatic N) is 4. The molecule has 2 atom stereocenters. The predicted octanol–water partition coefficient (Wildman–Crippen LogP) is 1.47. The first-order valence-corrected chi connectivity index (χ1v) is 6.54. The van der Waals surface area contributed by atoms with Crippen LogP contribution in [0.4, 0.5) is 5.95 Å². The highest BCUT2D eigenvalue weighted by molar-refractivity contribution is 5.46. The van der Waals surface area contributed by atoms with Crippen molar-refractivity contribution in [3.8, 4) is 5.88 Å². The van der Waals surface area contributed by atoms with Crippen LogP contribution in [0.15, 0.2) is 18.5 Å². The topological polar surface area (TPSA) is 66.9 Å². The molecule has 19 heavy (non-hydrogen) atoms. The van der Waals surface area contributed by atoms with E-state index >= 15 is 0 Å². The third kappa shape index (κ3) is 1.52. The lowest BCUT2D eigenvalue weighted by Gasteiger charge is -2.34. The minimum atomic E-state index is 0.347. The Morgan fingerprint density at radius 2 is 2.37 bits per heavy atom. The number of hydrogen-bond donors (Lipinski definition) is 1. The van der Waals surface area contributed by atoms with Crippen molar-refractivity contribution >= 4 is 5.95 Å². The molecule has 2 unspecified atom stereocenters. The first kappa shape index (κ1) is 10.8. The Hall–Kier alpha value is -2.11. The van der Waals surface area contributed by atoms with E-state index in [0.29, 0.717) is 18.0 Å². The summed E-state index contributed by atoms with van der Waals surface area (Å²) in [5.41, 5.74) is 2.56. The van der Waals surface area contributed by atoms with E-state index in [9.17, 15) is 0 Å². The molecule has 0 aliphatic carbocycles. The second-order valence-electron chi connectivity index (χ2n) is 5.06. The van der Waals surface area contributed by atoms with Crippen molar-refractivity contribution in [2.45, 2.75) is 31.3 Å². The monoisotopic (exact) mass is 257 g/mol. The van der Waals surface area contributed by atoms with E-state index in [1.54, 1.807) is 19.4 Å². The third-order valence-electron chi connectivity index (χ3n) is 4.11. The summed E-state index contributed by atoms with van der Waals surface area (Å²) in [7, 11) is 1.63. The standard InChI is InChI=1S/C13H15N5O/c1-19-12-4-5-14-13(16-12)18-8-2-3-11(18)9-7-15-17-10(9)6-8/h4-5,7-8,11H,2-3,6H2,1H3,(H,15,17). The molecule has 4 heterocycles. The van der Waals surface area contributed by atoms with Crippen LogP contribution in [-0.4, -0.2) is 33.3 Å². The van der Waals surface area contributed by atoms with Crippen molar-refractivity contribution in [2.24, 2.45) is 0 Å². The number of rotatable bonds is 2. The SMILES string of the molecule is COc1ccnc(N2C3CCC2c2cn[nH]c2C3)n1. The number of hydrogen-bond acceptors (Lipinski definition) is 5. The van der Waals surface area contributed by atoms with Gasteiger partial charge in [-0.05, 0) is 12.8 Å². The Morgan fingerprint density at radius 3 is 3.26 bits per heavy atom. The van der Waals surface area contributed by atoms with Crippen molar-refractivity contribution in [1.29, 1.82) is 0 Å². The van der Waals surface area contributed by atoms with E-state index in [2.05, 4.69) is 25.1 Å². The summed E-state index contributed by atoms with van der Waals surface area (Å²) in [6.07, 6.45) is 7.00. The number of anilines is 1. The zero-order chi connectivity index (χ0) is 12.8. The largest absolute Gasteiger partial charge is 0.481 e. The molecule has 0 spiro atoms. The van der Waals surface area contributed by atoms with Crippen molar-refractivity contribution in [2.75, 3.05) is 12.0 Å². The molecular formula is C13H15N5O. The molecule has 6 heteroatoms. The highest BCUT2D eigenvalue weighted by atomic mass is 16.5. The average Bonchev–Trinajstić information content (AvgIpc) is 3.04. The quantitative estimate of drug-likeness (QED) is 0.882. The molecule has 0 amide bonds. The molecule has 0 aromatic carbocycles. The van der Waals surface area contributed by atoms with Crippen molar-refractivity contribution in [3.63, 3.8) is 0 Å². The van der Waals surface area contributed by atoms with E-state index in [-0.39, 0.29) is 0 Å². The second-order valence-corrected chi connectivity index (χ2v) is 5.06. The van der Waals surface area contributed by atoms with Crippen LogP contribution in [0, 0.1) is 0 Å². The fourth-order valence-corrected chi connectivity index (χ4v) is 3.27. The van der Waals surface area contributed by atoms with Crippen LogP contribution in [-0.2, 0) is 6.42 Å². The van der Waals surface area contributed by atoms with Crippen LogP contribution in [0.5, 0.6) is 5.88 Å². The summed E-state index contributed by atoms with van der Waals surface area (Å²) in [5.74, 6) is 1.38. The number of aromatic nitrogens is 4. The second kappa shape index (κ2) is 3.94. The van der Waals surface area contributed by atoms with E-state index in [4.69, 9.17) is 4.74 Å². The zero-order valence-corrected chi connectivity index (χ0v) is 10.7. The first-order valence-electron chi connectivity index (χ1n) is 6.54. The summed E-state index contributed by atoms with van der Waals surface area (Å²) in [6.45, 7) is 0.